The molecule has 0 amide bonds. The maximum Gasteiger partial charge on any atom is 0.221 e. The molecule has 56 heavy (non-hydrogen) atoms. The first-order valence-corrected chi connectivity index (χ1v) is 27.4. The fraction of sp³-hybridized carbons (Fsp3) is 0.882. The first-order chi connectivity index (χ1) is 27.6. The lowest BCUT2D eigenvalue weighted by Crippen LogP contribution is -2.46. The van der Waals surface area contributed by atoms with E-state index in [-0.39, 0.29) is 0 Å². The van der Waals surface area contributed by atoms with Crippen molar-refractivity contribution in [1.29, 1.82) is 0 Å². The average molecular weight is 861 g/mol. The minimum absolute atomic E-state index is 0.306. The van der Waals surface area contributed by atoms with Crippen molar-refractivity contribution in [2.75, 3.05) is 184 Å². The van der Waals surface area contributed by atoms with Crippen molar-refractivity contribution >= 4 is 30.0 Å². The van der Waals surface area contributed by atoms with Gasteiger partial charge in [0.2, 0.25) is 30.0 Å². The highest BCUT2D eigenvalue weighted by atomic mass is 31.3. The monoisotopic (exact) mass is 860 g/mol. The molecule has 1 atom stereocenters. The third-order valence-corrected chi connectivity index (χ3v) is 29.1. The Bertz CT molecular complexity index is 1540. The molecule has 0 aromatic carbocycles. The summed E-state index contributed by atoms with van der Waals surface area (Å²) in [5.74, 6) is 0.306. The molecule has 8 aliphatic heterocycles. The van der Waals surface area contributed by atoms with Crippen molar-refractivity contribution < 1.29 is 28.4 Å². The minimum atomic E-state index is -2.96. The van der Waals surface area contributed by atoms with E-state index in [4.69, 9.17) is 46.5 Å². The molecule has 0 bridgehead atoms. The van der Waals surface area contributed by atoms with Crippen LogP contribution in [0.5, 0.6) is 0 Å². The van der Waals surface area contributed by atoms with Crippen LogP contribution in [0.25, 0.3) is 0 Å². The molecular formula is C34H64N12O6P4. The zero-order valence-electron chi connectivity index (χ0n) is 33.3. The largest absolute Gasteiger partial charge is 0.379 e. The molecule has 22 heteroatoms. The molecule has 316 valence electrons. The van der Waals surface area contributed by atoms with Crippen LogP contribution < -0.4 is 0 Å². The second-order valence-electron chi connectivity index (χ2n) is 15.3. The fourth-order valence-electron chi connectivity index (χ4n) is 9.16. The van der Waals surface area contributed by atoms with Gasteiger partial charge in [0.15, 0.2) is 0 Å². The normalized spacial score (nSPS) is 33.7. The number of hydrogen-bond donors (Lipinski definition) is 0. The highest BCUT2D eigenvalue weighted by Gasteiger charge is 2.54. The van der Waals surface area contributed by atoms with Gasteiger partial charge in [0, 0.05) is 111 Å². The molecule has 7 fully saturated rings. The summed E-state index contributed by atoms with van der Waals surface area (Å²) in [4.78, 5) is 0. The van der Waals surface area contributed by atoms with Crippen LogP contribution in [0.2, 0.25) is 0 Å². The summed E-state index contributed by atoms with van der Waals surface area (Å²) < 4.78 is 84.8. The van der Waals surface area contributed by atoms with Crippen molar-refractivity contribution in [2.24, 2.45) is 24.0 Å². The molecule has 9 aliphatic rings. The Morgan fingerprint density at radius 3 is 0.964 bits per heavy atom. The third-order valence-electron chi connectivity index (χ3n) is 12.2. The van der Waals surface area contributed by atoms with Crippen LogP contribution in [-0.4, -0.2) is 221 Å². The van der Waals surface area contributed by atoms with Crippen LogP contribution in [0.4, 0.5) is 0 Å². The van der Waals surface area contributed by atoms with Gasteiger partial charge in [-0.15, -0.1) is 0 Å². The summed E-state index contributed by atoms with van der Waals surface area (Å²) in [6.07, 6.45) is 9.08. The average Bonchev–Trinajstić information content (AvgIpc) is 3.91. The molecule has 0 radical (unpaired) electrons. The zero-order valence-corrected chi connectivity index (χ0v) is 36.9. The maximum absolute atomic E-state index is 6.70. The van der Waals surface area contributed by atoms with Crippen molar-refractivity contribution in [1.82, 2.24) is 37.4 Å². The van der Waals surface area contributed by atoms with Gasteiger partial charge < -0.3 is 28.4 Å². The molecule has 1 aliphatic carbocycles. The number of rotatable bonds is 9. The number of allylic oxidation sites excluding steroid dienone is 2. The SMILES string of the molecule is CCN1CCN(CC2C=CC=C2)P12=NP(N1CCOCC1)(N1CCOCC1)=NP(N1CCOCC1)(N1CCOCC1)=NP(N1CCOCC1)(N1CCOCC1)=N2. The van der Waals surface area contributed by atoms with Gasteiger partial charge >= 0.3 is 0 Å². The van der Waals surface area contributed by atoms with E-state index in [0.29, 0.717) is 85.2 Å². The Morgan fingerprint density at radius 2 is 0.661 bits per heavy atom. The predicted octanol–water partition coefficient (Wildman–Crippen LogP) is 4.16. The molecule has 18 nitrogen and oxygen atoms in total. The van der Waals surface area contributed by atoms with Crippen LogP contribution in [-0.2, 0) is 28.4 Å². The van der Waals surface area contributed by atoms with E-state index in [1.807, 2.05) is 0 Å². The summed E-state index contributed by atoms with van der Waals surface area (Å²) in [5.41, 5.74) is 0. The number of morpholine rings is 6. The number of nitrogens with zero attached hydrogens (tertiary/aromatic N) is 12. The maximum atomic E-state index is 6.70. The van der Waals surface area contributed by atoms with Crippen molar-refractivity contribution in [3.05, 3.63) is 24.3 Å². The second kappa shape index (κ2) is 18.4. The predicted molar refractivity (Wildman–Crippen MR) is 222 cm³/mol. The lowest BCUT2D eigenvalue weighted by Gasteiger charge is -2.53. The van der Waals surface area contributed by atoms with Gasteiger partial charge in [-0.2, -0.15) is 18.1 Å². The summed E-state index contributed by atoms with van der Waals surface area (Å²) in [6.45, 7) is 23.1. The van der Waals surface area contributed by atoms with Crippen LogP contribution >= 0.6 is 30.0 Å². The lowest BCUT2D eigenvalue weighted by molar-refractivity contribution is 0.0539. The molecule has 9 rings (SSSR count). The fourth-order valence-corrected chi connectivity index (χ4v) is 30.5. The lowest BCUT2D eigenvalue weighted by atomic mass is 10.2. The van der Waals surface area contributed by atoms with Gasteiger partial charge in [-0.3, -0.25) is 0 Å². The van der Waals surface area contributed by atoms with Crippen LogP contribution in [0.3, 0.4) is 0 Å². The van der Waals surface area contributed by atoms with Crippen LogP contribution in [0, 0.1) is 5.92 Å². The van der Waals surface area contributed by atoms with Crippen molar-refractivity contribution in [2.45, 2.75) is 6.92 Å². The first-order valence-electron chi connectivity index (χ1n) is 21.0. The Balaban J connectivity index is 1.43. The van der Waals surface area contributed by atoms with E-state index in [1.165, 1.54) is 0 Å². The van der Waals surface area contributed by atoms with E-state index < -0.39 is 30.0 Å². The third kappa shape index (κ3) is 7.91. The van der Waals surface area contributed by atoms with Gasteiger partial charge in [-0.1, -0.05) is 31.2 Å². The molecule has 1 spiro atoms. The van der Waals surface area contributed by atoms with E-state index in [9.17, 15) is 0 Å². The standard InChI is InChI=1S/C34H64N12O6P4/c1-2-39-7-8-46(33-34-5-3-4-6-34)53(39)35-54(40-9-21-47-22-10-40,41-11-23-48-24-12-41)37-56(44-17-29-51-30-18-44,45-19-31-52-32-20-45)38-55(36-53,42-13-25-49-26-14-42)43-15-27-50-28-16-43/h3-6,34H,2,7-33H2,1H3. The Hall–Kier alpha value is -0.160. The quantitative estimate of drug-likeness (QED) is 0.308. The molecule has 1 unspecified atom stereocenters. The smallest absolute Gasteiger partial charge is 0.221 e. The number of hydrogen-bond acceptors (Lipinski definition) is 18. The molecule has 0 N–H and O–H groups in total. The number of likely N-dealkylation sites (N-methyl/N-ethyl adjacent to an activating group) is 1. The summed E-state index contributed by atoms with van der Waals surface area (Å²) in [5, 5.41) is 0. The Morgan fingerprint density at radius 1 is 0.393 bits per heavy atom. The minimum Gasteiger partial charge on any atom is -0.379 e. The van der Waals surface area contributed by atoms with Crippen molar-refractivity contribution in [3.8, 4) is 0 Å². The van der Waals surface area contributed by atoms with E-state index in [2.05, 4.69) is 68.6 Å². The molecule has 0 aromatic rings. The molecule has 8 heterocycles. The Kier molecular flexibility index (Phi) is 13.6. The highest BCUT2D eigenvalue weighted by Crippen LogP contribution is 2.84. The van der Waals surface area contributed by atoms with Crippen molar-refractivity contribution in [3.63, 3.8) is 0 Å². The van der Waals surface area contributed by atoms with Gasteiger partial charge in [0.1, 0.15) is 0 Å². The molecular weight excluding hydrogens is 796 g/mol. The van der Waals surface area contributed by atoms with Gasteiger partial charge in [0.25, 0.3) is 0 Å². The molecule has 7 saturated heterocycles. The summed E-state index contributed by atoms with van der Waals surface area (Å²) >= 11 is 0. The van der Waals surface area contributed by atoms with Gasteiger partial charge in [-0.05, 0) is 0 Å². The Labute approximate surface area is 334 Å². The highest BCUT2D eigenvalue weighted by molar-refractivity contribution is 7.83. The van der Waals surface area contributed by atoms with E-state index >= 15 is 0 Å². The number of ether oxygens (including phenoxy) is 6. The second-order valence-corrected chi connectivity index (χ2v) is 27.0. The van der Waals surface area contributed by atoms with E-state index in [0.717, 1.165) is 105 Å². The first kappa shape index (κ1) is 41.2. The van der Waals surface area contributed by atoms with Crippen LogP contribution in [0.1, 0.15) is 6.92 Å². The zero-order chi connectivity index (χ0) is 37.9. The van der Waals surface area contributed by atoms with E-state index in [1.54, 1.807) is 0 Å². The topological polar surface area (TPSA) is 131 Å². The van der Waals surface area contributed by atoms with Gasteiger partial charge in [0.05, 0.1) is 79.3 Å². The summed E-state index contributed by atoms with van der Waals surface area (Å²) in [7, 11) is -11.7. The molecule has 0 aromatic heterocycles. The van der Waals surface area contributed by atoms with Crippen LogP contribution in [0.15, 0.2) is 42.4 Å². The van der Waals surface area contributed by atoms with Gasteiger partial charge in [-0.25, -0.2) is 37.4 Å². The summed E-state index contributed by atoms with van der Waals surface area (Å²) in [6, 6.07) is 0. The molecule has 0 saturated carbocycles.